The van der Waals surface area contributed by atoms with Crippen molar-refractivity contribution in [3.63, 3.8) is 0 Å². The van der Waals surface area contributed by atoms with Crippen molar-refractivity contribution in [1.82, 2.24) is 9.97 Å². The highest BCUT2D eigenvalue weighted by atomic mass is 79.9. The Hall–Kier alpha value is -4.14. The highest BCUT2D eigenvalue weighted by Crippen LogP contribution is 2.38. The lowest BCUT2D eigenvalue weighted by Gasteiger charge is -2.16. The zero-order valence-corrected chi connectivity index (χ0v) is 19.6. The number of hydrogen-bond acceptors (Lipinski definition) is 7. The van der Waals surface area contributed by atoms with E-state index in [9.17, 15) is 0 Å². The monoisotopic (exact) mass is 498 g/mol. The van der Waals surface area contributed by atoms with Gasteiger partial charge in [-0.05, 0) is 75.6 Å². The predicted molar refractivity (Wildman–Crippen MR) is 132 cm³/mol. The van der Waals surface area contributed by atoms with Crippen LogP contribution in [-0.2, 0) is 6.42 Å². The molecule has 0 spiro atoms. The topological polar surface area (TPSA) is 107 Å². The standard InChI is InChI=1S/C25H19BrN6O/c1-3-19-23(29-2)31-25(30-18-8-4-15(13-27)5-9-18)32-24(19)33-21-11-7-17-12-16(14-28)6-10-20(17)22(21)26/h4-12H,3H2,1-2H3,(H2,29,30,31,32). The lowest BCUT2D eigenvalue weighted by molar-refractivity contribution is 0.455. The molecule has 162 valence electrons. The third-order valence-corrected chi connectivity index (χ3v) is 5.90. The lowest BCUT2D eigenvalue weighted by atomic mass is 10.1. The molecule has 4 aromatic rings. The number of hydrogen-bond donors (Lipinski definition) is 2. The molecule has 7 nitrogen and oxygen atoms in total. The molecule has 0 aliphatic rings. The zero-order valence-electron chi connectivity index (χ0n) is 18.0. The molecular weight excluding hydrogens is 480 g/mol. The average molecular weight is 499 g/mol. The van der Waals surface area contributed by atoms with Crippen molar-refractivity contribution in [1.29, 1.82) is 10.5 Å². The Balaban J connectivity index is 1.73. The third-order valence-electron chi connectivity index (χ3n) is 5.08. The first-order chi connectivity index (χ1) is 16.1. The van der Waals surface area contributed by atoms with Gasteiger partial charge in [-0.25, -0.2) is 0 Å². The number of nitrogens with one attached hydrogen (secondary N) is 2. The van der Waals surface area contributed by atoms with Crippen LogP contribution in [0, 0.1) is 22.7 Å². The van der Waals surface area contributed by atoms with Crippen molar-refractivity contribution >= 4 is 44.2 Å². The Morgan fingerprint density at radius 3 is 2.36 bits per heavy atom. The second kappa shape index (κ2) is 9.56. The van der Waals surface area contributed by atoms with Crippen LogP contribution in [0.15, 0.2) is 59.1 Å². The molecule has 2 N–H and O–H groups in total. The number of fused-ring (bicyclic) bond motifs is 1. The first kappa shape index (κ1) is 22.1. The van der Waals surface area contributed by atoms with Crippen molar-refractivity contribution in [3.05, 3.63) is 75.8 Å². The van der Waals surface area contributed by atoms with E-state index in [4.69, 9.17) is 15.3 Å². The normalized spacial score (nSPS) is 10.3. The second-order valence-corrected chi connectivity index (χ2v) is 7.92. The molecule has 0 aliphatic carbocycles. The number of halogens is 1. The fourth-order valence-electron chi connectivity index (χ4n) is 3.41. The first-order valence-electron chi connectivity index (χ1n) is 10.2. The van der Waals surface area contributed by atoms with Gasteiger partial charge >= 0.3 is 0 Å². The van der Waals surface area contributed by atoms with Crippen molar-refractivity contribution < 1.29 is 4.74 Å². The number of ether oxygens (including phenoxy) is 1. The maximum atomic E-state index is 9.15. The van der Waals surface area contributed by atoms with Gasteiger partial charge in [0.1, 0.15) is 11.6 Å². The van der Waals surface area contributed by atoms with Crippen LogP contribution in [0.25, 0.3) is 10.8 Å². The summed E-state index contributed by atoms with van der Waals surface area (Å²) in [6, 6.07) is 20.6. The number of nitriles is 2. The van der Waals surface area contributed by atoms with E-state index < -0.39 is 0 Å². The number of anilines is 3. The molecule has 0 amide bonds. The summed E-state index contributed by atoms with van der Waals surface area (Å²) < 4.78 is 7.04. The molecule has 0 bridgehead atoms. The van der Waals surface area contributed by atoms with Gasteiger partial charge in [-0.2, -0.15) is 20.5 Å². The highest BCUT2D eigenvalue weighted by molar-refractivity contribution is 9.10. The van der Waals surface area contributed by atoms with Crippen molar-refractivity contribution in [2.75, 3.05) is 17.7 Å². The molecule has 1 heterocycles. The summed E-state index contributed by atoms with van der Waals surface area (Å²) in [4.78, 5) is 9.19. The molecule has 0 fully saturated rings. The summed E-state index contributed by atoms with van der Waals surface area (Å²) in [7, 11) is 1.80. The van der Waals surface area contributed by atoms with E-state index >= 15 is 0 Å². The van der Waals surface area contributed by atoms with E-state index in [1.807, 2.05) is 31.2 Å². The largest absolute Gasteiger partial charge is 0.437 e. The van der Waals surface area contributed by atoms with E-state index in [0.29, 0.717) is 40.9 Å². The zero-order chi connectivity index (χ0) is 23.4. The molecule has 33 heavy (non-hydrogen) atoms. The maximum Gasteiger partial charge on any atom is 0.232 e. The molecule has 1 aromatic heterocycles. The smallest absolute Gasteiger partial charge is 0.232 e. The average Bonchev–Trinajstić information content (AvgIpc) is 2.85. The van der Waals surface area contributed by atoms with E-state index in [2.05, 4.69) is 48.7 Å². The molecule has 0 atom stereocenters. The van der Waals surface area contributed by atoms with Gasteiger partial charge in [-0.15, -0.1) is 0 Å². The minimum Gasteiger partial charge on any atom is -0.437 e. The van der Waals surface area contributed by atoms with Gasteiger partial charge in [0, 0.05) is 12.7 Å². The number of aromatic nitrogens is 2. The van der Waals surface area contributed by atoms with Crippen LogP contribution >= 0.6 is 15.9 Å². The molecule has 0 radical (unpaired) electrons. The van der Waals surface area contributed by atoms with Gasteiger partial charge in [0.05, 0.1) is 33.3 Å². The van der Waals surface area contributed by atoms with Gasteiger partial charge in [0.2, 0.25) is 11.8 Å². The molecular formula is C25H19BrN6O. The summed E-state index contributed by atoms with van der Waals surface area (Å²) in [6.45, 7) is 2.01. The Labute approximate surface area is 199 Å². The molecule has 0 saturated carbocycles. The Bertz CT molecular complexity index is 1420. The van der Waals surface area contributed by atoms with E-state index in [-0.39, 0.29) is 0 Å². The number of benzene rings is 3. The van der Waals surface area contributed by atoms with E-state index in [1.54, 1.807) is 37.4 Å². The van der Waals surface area contributed by atoms with Crippen molar-refractivity contribution in [2.24, 2.45) is 0 Å². The quantitative estimate of drug-likeness (QED) is 0.322. The van der Waals surface area contributed by atoms with Crippen molar-refractivity contribution in [2.45, 2.75) is 13.3 Å². The molecule has 8 heteroatoms. The predicted octanol–water partition coefficient (Wildman–Crippen LogP) is 6.28. The molecule has 0 unspecified atom stereocenters. The fourth-order valence-corrected chi connectivity index (χ4v) is 3.98. The molecule has 0 saturated heterocycles. The van der Waals surface area contributed by atoms with E-state index in [1.165, 1.54) is 0 Å². The Kier molecular flexibility index (Phi) is 6.39. The minimum absolute atomic E-state index is 0.367. The fraction of sp³-hybridized carbons (Fsp3) is 0.120. The number of nitrogens with zero attached hydrogens (tertiary/aromatic N) is 4. The molecule has 3 aromatic carbocycles. The molecule has 4 rings (SSSR count). The van der Waals surface area contributed by atoms with Crippen LogP contribution in [0.1, 0.15) is 23.6 Å². The summed E-state index contributed by atoms with van der Waals surface area (Å²) >= 11 is 3.64. The second-order valence-electron chi connectivity index (χ2n) is 7.12. The first-order valence-corrected chi connectivity index (χ1v) is 11.0. The summed E-state index contributed by atoms with van der Waals surface area (Å²) in [5.41, 5.74) is 2.77. The van der Waals surface area contributed by atoms with Crippen LogP contribution in [0.2, 0.25) is 0 Å². The summed E-state index contributed by atoms with van der Waals surface area (Å²) in [5, 5.41) is 26.3. The lowest BCUT2D eigenvalue weighted by Crippen LogP contribution is -2.07. The molecule has 0 aliphatic heterocycles. The van der Waals surface area contributed by atoms with Gasteiger partial charge in [0.15, 0.2) is 0 Å². The number of rotatable bonds is 6. The highest BCUT2D eigenvalue weighted by Gasteiger charge is 2.17. The SMILES string of the molecule is CCc1c(NC)nc(Nc2ccc(C#N)cc2)nc1Oc1ccc2cc(C#N)ccc2c1Br. The van der Waals surface area contributed by atoms with Crippen LogP contribution in [0.4, 0.5) is 17.5 Å². The maximum absolute atomic E-state index is 9.15. The van der Waals surface area contributed by atoms with Crippen LogP contribution in [-0.4, -0.2) is 17.0 Å². The summed E-state index contributed by atoms with van der Waals surface area (Å²) in [6.07, 6.45) is 0.666. The minimum atomic E-state index is 0.367. The van der Waals surface area contributed by atoms with Gasteiger partial charge < -0.3 is 15.4 Å². The summed E-state index contributed by atoms with van der Waals surface area (Å²) in [5.74, 6) is 2.06. The van der Waals surface area contributed by atoms with Gasteiger partial charge in [-0.1, -0.05) is 19.1 Å². The third kappa shape index (κ3) is 4.57. The van der Waals surface area contributed by atoms with Crippen molar-refractivity contribution in [3.8, 4) is 23.8 Å². The van der Waals surface area contributed by atoms with E-state index in [0.717, 1.165) is 26.5 Å². The Morgan fingerprint density at radius 2 is 1.70 bits per heavy atom. The Morgan fingerprint density at radius 1 is 0.970 bits per heavy atom. The van der Waals surface area contributed by atoms with Gasteiger partial charge in [0.25, 0.3) is 0 Å². The van der Waals surface area contributed by atoms with Crippen LogP contribution in [0.3, 0.4) is 0 Å². The van der Waals surface area contributed by atoms with Gasteiger partial charge in [-0.3, -0.25) is 0 Å². The van der Waals surface area contributed by atoms with Crippen LogP contribution < -0.4 is 15.4 Å². The van der Waals surface area contributed by atoms with Crippen LogP contribution in [0.5, 0.6) is 11.6 Å².